The maximum atomic E-state index is 12.1. The molecule has 5 heteroatoms. The van der Waals surface area contributed by atoms with Gasteiger partial charge >= 0.3 is 0 Å². The number of H-pyrrole nitrogens is 1. The maximum Gasteiger partial charge on any atom is 0.261 e. The number of aromatic amines is 1. The zero-order valence-electron chi connectivity index (χ0n) is 10.8. The molecule has 0 unspecified atom stereocenters. The molecule has 19 heavy (non-hydrogen) atoms. The predicted molar refractivity (Wildman–Crippen MR) is 75.3 cm³/mol. The number of nitrogen functional groups attached to an aromatic ring is 1. The summed E-state index contributed by atoms with van der Waals surface area (Å²) in [6.45, 7) is 3.71. The van der Waals surface area contributed by atoms with Crippen molar-refractivity contribution in [1.82, 2.24) is 4.98 Å². The zero-order valence-corrected chi connectivity index (χ0v) is 10.8. The minimum absolute atomic E-state index is 0.0816. The van der Waals surface area contributed by atoms with Crippen molar-refractivity contribution in [3.05, 3.63) is 57.5 Å². The van der Waals surface area contributed by atoms with Crippen LogP contribution in [-0.2, 0) is 0 Å². The van der Waals surface area contributed by atoms with Crippen LogP contribution < -0.4 is 16.5 Å². The van der Waals surface area contributed by atoms with Gasteiger partial charge in [-0.3, -0.25) is 9.59 Å². The lowest BCUT2D eigenvalue weighted by molar-refractivity contribution is 0.102. The first-order chi connectivity index (χ1) is 8.99. The van der Waals surface area contributed by atoms with E-state index in [2.05, 4.69) is 10.3 Å². The van der Waals surface area contributed by atoms with Crippen LogP contribution in [0.25, 0.3) is 0 Å². The lowest BCUT2D eigenvalue weighted by Crippen LogP contribution is -2.21. The molecule has 1 heterocycles. The summed E-state index contributed by atoms with van der Waals surface area (Å²) in [6.07, 6.45) is 2.87. The second kappa shape index (κ2) is 4.97. The number of amides is 1. The standard InChI is InChI=1S/C14H15N3O2/c1-8-5-10(15)6-9(2)13(8)17-14(19)11-7-16-4-3-12(11)18/h3-7H,15H2,1-2H3,(H,16,18)(H,17,19). The van der Waals surface area contributed by atoms with Gasteiger partial charge in [0.15, 0.2) is 5.43 Å². The first-order valence-electron chi connectivity index (χ1n) is 5.84. The lowest BCUT2D eigenvalue weighted by atomic mass is 10.1. The molecule has 2 aromatic rings. The van der Waals surface area contributed by atoms with Gasteiger partial charge in [0, 0.05) is 29.8 Å². The van der Waals surface area contributed by atoms with E-state index in [1.165, 1.54) is 18.5 Å². The van der Waals surface area contributed by atoms with E-state index in [4.69, 9.17) is 5.73 Å². The molecule has 0 saturated carbocycles. The molecule has 0 bridgehead atoms. The topological polar surface area (TPSA) is 88.0 Å². The minimum Gasteiger partial charge on any atom is -0.399 e. The molecule has 1 aromatic carbocycles. The van der Waals surface area contributed by atoms with Crippen LogP contribution >= 0.6 is 0 Å². The van der Waals surface area contributed by atoms with Gasteiger partial charge in [0.2, 0.25) is 0 Å². The number of nitrogens with two attached hydrogens (primary N) is 1. The van der Waals surface area contributed by atoms with Crippen LogP contribution in [0.2, 0.25) is 0 Å². The van der Waals surface area contributed by atoms with Gasteiger partial charge in [-0.2, -0.15) is 0 Å². The van der Waals surface area contributed by atoms with Crippen LogP contribution in [0.4, 0.5) is 11.4 Å². The number of carbonyl (C=O) groups is 1. The van der Waals surface area contributed by atoms with Crippen molar-refractivity contribution in [2.24, 2.45) is 0 Å². The molecule has 98 valence electrons. The molecule has 0 saturated heterocycles. The summed E-state index contributed by atoms with van der Waals surface area (Å²) < 4.78 is 0. The summed E-state index contributed by atoms with van der Waals surface area (Å²) >= 11 is 0. The molecule has 0 aliphatic heterocycles. The van der Waals surface area contributed by atoms with Gasteiger partial charge in [0.05, 0.1) is 0 Å². The lowest BCUT2D eigenvalue weighted by Gasteiger charge is -2.12. The molecule has 1 amide bonds. The normalized spacial score (nSPS) is 10.2. The Bertz CT molecular complexity index is 666. The van der Waals surface area contributed by atoms with E-state index in [1.54, 1.807) is 12.1 Å². The summed E-state index contributed by atoms with van der Waals surface area (Å²) in [5.41, 5.74) is 8.54. The van der Waals surface area contributed by atoms with Crippen molar-refractivity contribution in [1.29, 1.82) is 0 Å². The third-order valence-electron chi connectivity index (χ3n) is 2.86. The Morgan fingerprint density at radius 1 is 1.26 bits per heavy atom. The van der Waals surface area contributed by atoms with Crippen LogP contribution in [0, 0.1) is 13.8 Å². The number of hydrogen-bond donors (Lipinski definition) is 3. The van der Waals surface area contributed by atoms with Crippen molar-refractivity contribution < 1.29 is 4.79 Å². The number of aromatic nitrogens is 1. The molecule has 0 fully saturated rings. The number of carbonyl (C=O) groups excluding carboxylic acids is 1. The number of pyridine rings is 1. The second-order valence-electron chi connectivity index (χ2n) is 4.41. The van der Waals surface area contributed by atoms with Crippen molar-refractivity contribution in [3.63, 3.8) is 0 Å². The zero-order chi connectivity index (χ0) is 14.0. The molecule has 4 N–H and O–H groups in total. The highest BCUT2D eigenvalue weighted by atomic mass is 16.2. The van der Waals surface area contributed by atoms with Crippen LogP contribution in [0.15, 0.2) is 35.4 Å². The summed E-state index contributed by atoms with van der Waals surface area (Å²) in [7, 11) is 0. The van der Waals surface area contributed by atoms with E-state index < -0.39 is 5.91 Å². The van der Waals surface area contributed by atoms with Gasteiger partial charge in [0.1, 0.15) is 5.56 Å². The molecule has 0 aliphatic carbocycles. The molecule has 0 spiro atoms. The largest absolute Gasteiger partial charge is 0.399 e. The Morgan fingerprint density at radius 3 is 2.47 bits per heavy atom. The highest BCUT2D eigenvalue weighted by Crippen LogP contribution is 2.23. The Kier molecular flexibility index (Phi) is 3.37. The van der Waals surface area contributed by atoms with Gasteiger partial charge in [-0.1, -0.05) is 0 Å². The Morgan fingerprint density at radius 2 is 1.89 bits per heavy atom. The highest BCUT2D eigenvalue weighted by molar-refractivity contribution is 6.04. The molecule has 0 aliphatic rings. The average molecular weight is 257 g/mol. The second-order valence-corrected chi connectivity index (χ2v) is 4.41. The number of aryl methyl sites for hydroxylation is 2. The first kappa shape index (κ1) is 12.9. The van der Waals surface area contributed by atoms with E-state index in [0.717, 1.165) is 11.1 Å². The van der Waals surface area contributed by atoms with Gasteiger partial charge in [-0.15, -0.1) is 0 Å². The molecule has 0 atom stereocenters. The molecular weight excluding hydrogens is 242 g/mol. The van der Waals surface area contributed by atoms with E-state index in [9.17, 15) is 9.59 Å². The number of rotatable bonds is 2. The van der Waals surface area contributed by atoms with Crippen LogP contribution in [-0.4, -0.2) is 10.9 Å². The van der Waals surface area contributed by atoms with Gasteiger partial charge in [-0.05, 0) is 37.1 Å². The quantitative estimate of drug-likeness (QED) is 0.717. The summed E-state index contributed by atoms with van der Waals surface area (Å²) in [5.74, 6) is -0.433. The van der Waals surface area contributed by atoms with Gasteiger partial charge in [-0.25, -0.2) is 0 Å². The van der Waals surface area contributed by atoms with Crippen LogP contribution in [0.1, 0.15) is 21.5 Å². The SMILES string of the molecule is Cc1cc(N)cc(C)c1NC(=O)c1c[nH]ccc1=O. The van der Waals surface area contributed by atoms with Crippen LogP contribution in [0.5, 0.6) is 0 Å². The molecule has 5 nitrogen and oxygen atoms in total. The monoisotopic (exact) mass is 257 g/mol. The van der Waals surface area contributed by atoms with Crippen molar-refractivity contribution >= 4 is 17.3 Å². The van der Waals surface area contributed by atoms with Crippen LogP contribution in [0.3, 0.4) is 0 Å². The molecule has 2 rings (SSSR count). The fourth-order valence-corrected chi connectivity index (χ4v) is 1.97. The predicted octanol–water partition coefficient (Wildman–Crippen LogP) is 1.83. The van der Waals surface area contributed by atoms with E-state index >= 15 is 0 Å². The molecular formula is C14H15N3O2. The minimum atomic E-state index is -0.433. The summed E-state index contributed by atoms with van der Waals surface area (Å²) in [6, 6.07) is 4.87. The van der Waals surface area contributed by atoms with E-state index in [1.807, 2.05) is 13.8 Å². The fraction of sp³-hybridized carbons (Fsp3) is 0.143. The van der Waals surface area contributed by atoms with Gasteiger partial charge < -0.3 is 16.0 Å². The molecule has 1 aromatic heterocycles. The number of anilines is 2. The Hall–Kier alpha value is -2.56. The highest BCUT2D eigenvalue weighted by Gasteiger charge is 2.12. The van der Waals surface area contributed by atoms with E-state index in [-0.39, 0.29) is 11.0 Å². The van der Waals surface area contributed by atoms with Crippen molar-refractivity contribution in [2.45, 2.75) is 13.8 Å². The number of hydrogen-bond acceptors (Lipinski definition) is 3. The fourth-order valence-electron chi connectivity index (χ4n) is 1.97. The van der Waals surface area contributed by atoms with Crippen molar-refractivity contribution in [3.8, 4) is 0 Å². The third kappa shape index (κ3) is 2.65. The van der Waals surface area contributed by atoms with Gasteiger partial charge in [0.25, 0.3) is 5.91 Å². The maximum absolute atomic E-state index is 12.1. The number of nitrogens with one attached hydrogen (secondary N) is 2. The average Bonchev–Trinajstić information content (AvgIpc) is 2.34. The Balaban J connectivity index is 2.35. The first-order valence-corrected chi connectivity index (χ1v) is 5.84. The summed E-state index contributed by atoms with van der Waals surface area (Å²) in [4.78, 5) is 26.4. The van der Waals surface area contributed by atoms with Crippen molar-refractivity contribution in [2.75, 3.05) is 11.1 Å². The third-order valence-corrected chi connectivity index (χ3v) is 2.86. The smallest absolute Gasteiger partial charge is 0.261 e. The van der Waals surface area contributed by atoms with E-state index in [0.29, 0.717) is 11.4 Å². The molecule has 0 radical (unpaired) electrons. The number of benzene rings is 1. The summed E-state index contributed by atoms with van der Waals surface area (Å²) in [5, 5.41) is 2.75. The Labute approximate surface area is 110 Å².